The fraction of sp³-hybridized carbons (Fsp3) is 0.500. The van der Waals surface area contributed by atoms with Crippen LogP contribution >= 0.6 is 15.9 Å². The average molecular weight is 256 g/mol. The summed E-state index contributed by atoms with van der Waals surface area (Å²) in [6.45, 7) is 9.76. The lowest BCUT2D eigenvalue weighted by molar-refractivity contribution is 0.443. The topological polar surface area (TPSA) is 12.0 Å². The van der Waals surface area contributed by atoms with Gasteiger partial charge in [-0.2, -0.15) is 0 Å². The molecule has 0 spiro atoms. The Bertz CT molecular complexity index is 313. The standard InChI is InChI=1S/C12H18BrN/c1-9-5-6-10(13)11(7-9)14-8-12(2,3)4/h5-7,14H,8H2,1-4H3. The summed E-state index contributed by atoms with van der Waals surface area (Å²) in [5.74, 6) is 0. The molecular formula is C12H18BrN. The first-order chi connectivity index (χ1) is 6.38. The third kappa shape index (κ3) is 3.70. The van der Waals surface area contributed by atoms with E-state index in [1.165, 1.54) is 11.3 Å². The minimum Gasteiger partial charge on any atom is -0.384 e. The van der Waals surface area contributed by atoms with Gasteiger partial charge in [-0.25, -0.2) is 0 Å². The molecule has 1 rings (SSSR count). The van der Waals surface area contributed by atoms with Gasteiger partial charge in [0.15, 0.2) is 0 Å². The molecule has 1 aromatic carbocycles. The van der Waals surface area contributed by atoms with Crippen molar-refractivity contribution in [1.82, 2.24) is 0 Å². The second-order valence-corrected chi connectivity index (χ2v) is 5.75. The molecule has 0 heterocycles. The number of nitrogens with one attached hydrogen (secondary N) is 1. The van der Waals surface area contributed by atoms with Gasteiger partial charge in [-0.3, -0.25) is 0 Å². The molecule has 14 heavy (non-hydrogen) atoms. The van der Waals surface area contributed by atoms with Crippen molar-refractivity contribution in [3.63, 3.8) is 0 Å². The van der Waals surface area contributed by atoms with Crippen LogP contribution in [0.3, 0.4) is 0 Å². The van der Waals surface area contributed by atoms with Gasteiger partial charge in [0, 0.05) is 16.7 Å². The van der Waals surface area contributed by atoms with Crippen LogP contribution < -0.4 is 5.32 Å². The SMILES string of the molecule is Cc1ccc(Br)c(NCC(C)(C)C)c1. The number of hydrogen-bond acceptors (Lipinski definition) is 1. The van der Waals surface area contributed by atoms with E-state index in [0.29, 0.717) is 5.41 Å². The molecule has 78 valence electrons. The van der Waals surface area contributed by atoms with Crippen LogP contribution in [0.1, 0.15) is 26.3 Å². The first-order valence-corrected chi connectivity index (χ1v) is 5.68. The largest absolute Gasteiger partial charge is 0.384 e. The van der Waals surface area contributed by atoms with Crippen molar-refractivity contribution in [2.45, 2.75) is 27.7 Å². The number of aryl methyl sites for hydroxylation is 1. The molecule has 1 nitrogen and oxygen atoms in total. The normalized spacial score (nSPS) is 11.5. The highest BCUT2D eigenvalue weighted by Gasteiger charge is 2.10. The Balaban J connectivity index is 2.72. The van der Waals surface area contributed by atoms with Gasteiger partial charge in [0.1, 0.15) is 0 Å². The fourth-order valence-corrected chi connectivity index (χ4v) is 1.52. The number of anilines is 1. The maximum Gasteiger partial charge on any atom is 0.0487 e. The summed E-state index contributed by atoms with van der Waals surface area (Å²) in [6, 6.07) is 6.35. The third-order valence-corrected chi connectivity index (χ3v) is 2.62. The van der Waals surface area contributed by atoms with E-state index in [-0.39, 0.29) is 0 Å². The van der Waals surface area contributed by atoms with Crippen molar-refractivity contribution in [2.75, 3.05) is 11.9 Å². The summed E-state index contributed by atoms with van der Waals surface area (Å²) in [7, 11) is 0. The van der Waals surface area contributed by atoms with Crippen LogP contribution in [0.5, 0.6) is 0 Å². The second-order valence-electron chi connectivity index (χ2n) is 4.90. The number of benzene rings is 1. The maximum atomic E-state index is 3.54. The van der Waals surface area contributed by atoms with Crippen LogP contribution in [0.25, 0.3) is 0 Å². The summed E-state index contributed by atoms with van der Waals surface area (Å²) >= 11 is 3.54. The zero-order valence-corrected chi connectivity index (χ0v) is 10.9. The molecule has 0 unspecified atom stereocenters. The molecule has 0 bridgehead atoms. The van der Waals surface area contributed by atoms with Gasteiger partial charge in [-0.1, -0.05) is 26.8 Å². The van der Waals surface area contributed by atoms with Crippen LogP contribution in [0.15, 0.2) is 22.7 Å². The monoisotopic (exact) mass is 255 g/mol. The van der Waals surface area contributed by atoms with E-state index in [2.05, 4.69) is 67.1 Å². The zero-order valence-electron chi connectivity index (χ0n) is 9.32. The predicted molar refractivity (Wildman–Crippen MR) is 66.8 cm³/mol. The molecule has 0 saturated carbocycles. The molecule has 2 heteroatoms. The summed E-state index contributed by atoms with van der Waals surface area (Å²) in [6.07, 6.45) is 0. The van der Waals surface area contributed by atoms with Crippen molar-refractivity contribution < 1.29 is 0 Å². The Morgan fingerprint density at radius 1 is 1.29 bits per heavy atom. The zero-order chi connectivity index (χ0) is 10.8. The number of hydrogen-bond donors (Lipinski definition) is 1. The fourth-order valence-electron chi connectivity index (χ4n) is 1.13. The third-order valence-electron chi connectivity index (χ3n) is 1.93. The second kappa shape index (κ2) is 4.35. The number of halogens is 1. The van der Waals surface area contributed by atoms with E-state index < -0.39 is 0 Å². The average Bonchev–Trinajstić information content (AvgIpc) is 2.05. The van der Waals surface area contributed by atoms with E-state index in [1.54, 1.807) is 0 Å². The lowest BCUT2D eigenvalue weighted by Gasteiger charge is -2.20. The van der Waals surface area contributed by atoms with Gasteiger partial charge in [0.25, 0.3) is 0 Å². The van der Waals surface area contributed by atoms with Crippen LogP contribution in [-0.4, -0.2) is 6.54 Å². The maximum absolute atomic E-state index is 3.54. The van der Waals surface area contributed by atoms with Crippen molar-refractivity contribution in [1.29, 1.82) is 0 Å². The molecular weight excluding hydrogens is 238 g/mol. The van der Waals surface area contributed by atoms with E-state index >= 15 is 0 Å². The van der Waals surface area contributed by atoms with Crippen LogP contribution in [0.4, 0.5) is 5.69 Å². The molecule has 0 amide bonds. The Morgan fingerprint density at radius 3 is 2.50 bits per heavy atom. The smallest absolute Gasteiger partial charge is 0.0487 e. The van der Waals surface area contributed by atoms with Gasteiger partial charge < -0.3 is 5.32 Å². The minimum atomic E-state index is 0.309. The van der Waals surface area contributed by atoms with Gasteiger partial charge in [0.2, 0.25) is 0 Å². The van der Waals surface area contributed by atoms with Crippen molar-refractivity contribution in [3.8, 4) is 0 Å². The van der Waals surface area contributed by atoms with Crippen LogP contribution in [-0.2, 0) is 0 Å². The van der Waals surface area contributed by atoms with Gasteiger partial charge >= 0.3 is 0 Å². The Hall–Kier alpha value is -0.500. The summed E-state index contributed by atoms with van der Waals surface area (Å²) in [5, 5.41) is 3.45. The Kier molecular flexibility index (Phi) is 3.59. The van der Waals surface area contributed by atoms with E-state index in [9.17, 15) is 0 Å². The van der Waals surface area contributed by atoms with Crippen LogP contribution in [0, 0.1) is 12.3 Å². The summed E-state index contributed by atoms with van der Waals surface area (Å²) in [5.41, 5.74) is 2.77. The van der Waals surface area contributed by atoms with Gasteiger partial charge in [-0.15, -0.1) is 0 Å². The molecule has 0 aliphatic rings. The molecule has 0 aliphatic carbocycles. The quantitative estimate of drug-likeness (QED) is 0.835. The highest BCUT2D eigenvalue weighted by atomic mass is 79.9. The molecule has 0 fully saturated rings. The number of rotatable bonds is 2. The first kappa shape index (κ1) is 11.6. The summed E-state index contributed by atoms with van der Waals surface area (Å²) in [4.78, 5) is 0. The Morgan fingerprint density at radius 2 is 1.93 bits per heavy atom. The lowest BCUT2D eigenvalue weighted by Crippen LogP contribution is -2.19. The van der Waals surface area contributed by atoms with Crippen molar-refractivity contribution in [2.24, 2.45) is 5.41 Å². The molecule has 0 aromatic heterocycles. The molecule has 0 saturated heterocycles. The minimum absolute atomic E-state index is 0.309. The molecule has 1 N–H and O–H groups in total. The van der Waals surface area contributed by atoms with E-state index in [4.69, 9.17) is 0 Å². The van der Waals surface area contributed by atoms with E-state index in [1.807, 2.05) is 0 Å². The van der Waals surface area contributed by atoms with Gasteiger partial charge in [-0.05, 0) is 46.0 Å². The molecule has 1 aromatic rings. The predicted octanol–water partition coefficient (Wildman–Crippen LogP) is 4.22. The lowest BCUT2D eigenvalue weighted by atomic mass is 9.97. The van der Waals surface area contributed by atoms with Crippen molar-refractivity contribution in [3.05, 3.63) is 28.2 Å². The van der Waals surface area contributed by atoms with Crippen molar-refractivity contribution >= 4 is 21.6 Å². The Labute approximate surface area is 95.0 Å². The highest BCUT2D eigenvalue weighted by molar-refractivity contribution is 9.10. The van der Waals surface area contributed by atoms with Crippen LogP contribution in [0.2, 0.25) is 0 Å². The molecule has 0 atom stereocenters. The first-order valence-electron chi connectivity index (χ1n) is 4.88. The molecule has 0 aliphatic heterocycles. The van der Waals surface area contributed by atoms with E-state index in [0.717, 1.165) is 11.0 Å². The highest BCUT2D eigenvalue weighted by Crippen LogP contribution is 2.24. The molecule has 0 radical (unpaired) electrons. The van der Waals surface area contributed by atoms with Gasteiger partial charge in [0.05, 0.1) is 0 Å². The summed E-state index contributed by atoms with van der Waals surface area (Å²) < 4.78 is 1.13.